The van der Waals surface area contributed by atoms with E-state index < -0.39 is 0 Å². The van der Waals surface area contributed by atoms with Gasteiger partial charge in [0.2, 0.25) is 5.91 Å². The highest BCUT2D eigenvalue weighted by Gasteiger charge is 2.14. The molecule has 0 unspecified atom stereocenters. The van der Waals surface area contributed by atoms with E-state index >= 15 is 0 Å². The molecule has 0 saturated carbocycles. The number of aromatic amines is 1. The van der Waals surface area contributed by atoms with Crippen molar-refractivity contribution in [2.45, 2.75) is 26.7 Å². The molecular weight excluding hydrogens is 334 g/mol. The number of nitrogens with one attached hydrogen (secondary N) is 1. The number of hydrogen-bond acceptors (Lipinski definition) is 2. The van der Waals surface area contributed by atoms with Gasteiger partial charge in [-0.15, -0.1) is 0 Å². The van der Waals surface area contributed by atoms with E-state index in [1.807, 2.05) is 55.3 Å². The van der Waals surface area contributed by atoms with Gasteiger partial charge in [-0.25, -0.2) is 0 Å². The van der Waals surface area contributed by atoms with E-state index in [9.17, 15) is 4.79 Å². The van der Waals surface area contributed by atoms with E-state index in [1.165, 1.54) is 5.39 Å². The molecule has 2 aromatic heterocycles. The minimum absolute atomic E-state index is 0.129. The topological polar surface area (TPSA) is 49.0 Å². The lowest BCUT2D eigenvalue weighted by atomic mass is 10.1. The third kappa shape index (κ3) is 3.43. The van der Waals surface area contributed by atoms with Crippen LogP contribution in [0.3, 0.4) is 0 Å². The van der Waals surface area contributed by atoms with Crippen molar-refractivity contribution >= 4 is 33.4 Å². The molecule has 0 aliphatic rings. The minimum atomic E-state index is 0.129. The van der Waals surface area contributed by atoms with E-state index in [1.54, 1.807) is 0 Å². The molecular formula is C23H23N3O. The number of carbonyl (C=O) groups is 1. The van der Waals surface area contributed by atoms with Gasteiger partial charge in [0.1, 0.15) is 0 Å². The van der Waals surface area contributed by atoms with Gasteiger partial charge in [0, 0.05) is 40.6 Å². The molecule has 1 amide bonds. The summed E-state index contributed by atoms with van der Waals surface area (Å²) in [6.07, 6.45) is 2.95. The Hall–Kier alpha value is -3.14. The largest absolute Gasteiger partial charge is 0.353 e. The summed E-state index contributed by atoms with van der Waals surface area (Å²) in [7, 11) is 0. The molecule has 4 heteroatoms. The van der Waals surface area contributed by atoms with E-state index in [0.29, 0.717) is 19.4 Å². The molecule has 4 aromatic rings. The van der Waals surface area contributed by atoms with Gasteiger partial charge in [0.25, 0.3) is 0 Å². The van der Waals surface area contributed by atoms with Gasteiger partial charge >= 0.3 is 0 Å². The van der Waals surface area contributed by atoms with Gasteiger partial charge in [-0.05, 0) is 50.1 Å². The van der Waals surface area contributed by atoms with Crippen LogP contribution in [-0.4, -0.2) is 22.4 Å². The minimum Gasteiger partial charge on any atom is -0.353 e. The fraction of sp³-hybridized carbons (Fsp3) is 0.217. The second kappa shape index (κ2) is 7.23. The number of anilines is 1. The Kier molecular flexibility index (Phi) is 4.63. The summed E-state index contributed by atoms with van der Waals surface area (Å²) in [5, 5.41) is 2.35. The number of H-pyrrole nitrogens is 1. The highest BCUT2D eigenvalue weighted by molar-refractivity contribution is 6.07. The Bertz CT molecular complexity index is 1110. The second-order valence-corrected chi connectivity index (χ2v) is 6.87. The molecule has 136 valence electrons. The van der Waals surface area contributed by atoms with Crippen LogP contribution >= 0.6 is 0 Å². The zero-order chi connectivity index (χ0) is 18.8. The van der Waals surface area contributed by atoms with Crippen LogP contribution in [0.2, 0.25) is 0 Å². The predicted molar refractivity (Wildman–Crippen MR) is 111 cm³/mol. The number of rotatable bonds is 5. The van der Waals surface area contributed by atoms with Crippen molar-refractivity contribution in [3.8, 4) is 0 Å². The molecule has 0 radical (unpaired) electrons. The molecule has 0 atom stereocenters. The van der Waals surface area contributed by atoms with E-state index in [-0.39, 0.29) is 5.91 Å². The molecule has 4 nitrogen and oxygen atoms in total. The van der Waals surface area contributed by atoms with Crippen molar-refractivity contribution in [3.63, 3.8) is 0 Å². The summed E-state index contributed by atoms with van der Waals surface area (Å²) in [4.78, 5) is 22.6. The number of fused-ring (bicyclic) bond motifs is 3. The third-order valence-corrected chi connectivity index (χ3v) is 4.97. The molecule has 0 spiro atoms. The average Bonchev–Trinajstić information content (AvgIpc) is 3.05. The van der Waals surface area contributed by atoms with Crippen LogP contribution in [0.1, 0.15) is 24.6 Å². The van der Waals surface area contributed by atoms with Crippen molar-refractivity contribution in [2.24, 2.45) is 0 Å². The molecule has 2 heterocycles. The number of amides is 1. The lowest BCUT2D eigenvalue weighted by Crippen LogP contribution is -2.30. The summed E-state index contributed by atoms with van der Waals surface area (Å²) < 4.78 is 0. The highest BCUT2D eigenvalue weighted by Crippen LogP contribution is 2.25. The SMILES string of the molecule is CCN(C(=O)CCc1cc2c(cn1)[nH]c1ccccc12)c1cccc(C)c1. The first kappa shape index (κ1) is 17.3. The van der Waals surface area contributed by atoms with E-state index in [4.69, 9.17) is 0 Å². The van der Waals surface area contributed by atoms with Gasteiger partial charge in [-0.3, -0.25) is 9.78 Å². The van der Waals surface area contributed by atoms with Crippen LogP contribution in [0.4, 0.5) is 5.69 Å². The summed E-state index contributed by atoms with van der Waals surface area (Å²) >= 11 is 0. The van der Waals surface area contributed by atoms with Crippen molar-refractivity contribution in [1.82, 2.24) is 9.97 Å². The Balaban J connectivity index is 1.53. The number of benzene rings is 2. The second-order valence-electron chi connectivity index (χ2n) is 6.87. The van der Waals surface area contributed by atoms with E-state index in [2.05, 4.69) is 34.2 Å². The lowest BCUT2D eigenvalue weighted by Gasteiger charge is -2.21. The third-order valence-electron chi connectivity index (χ3n) is 4.97. The van der Waals surface area contributed by atoms with Gasteiger partial charge in [0.15, 0.2) is 0 Å². The normalized spacial score (nSPS) is 11.2. The fourth-order valence-electron chi connectivity index (χ4n) is 3.60. The molecule has 1 N–H and O–H groups in total. The maximum absolute atomic E-state index is 12.8. The number of para-hydroxylation sites is 1. The molecule has 0 aliphatic carbocycles. The quantitative estimate of drug-likeness (QED) is 0.546. The molecule has 0 aliphatic heterocycles. The van der Waals surface area contributed by atoms with Crippen LogP contribution in [0, 0.1) is 6.92 Å². The molecule has 2 aromatic carbocycles. The van der Waals surface area contributed by atoms with Crippen molar-refractivity contribution < 1.29 is 4.79 Å². The zero-order valence-electron chi connectivity index (χ0n) is 15.7. The summed E-state index contributed by atoms with van der Waals surface area (Å²) in [5.41, 5.74) is 5.20. The molecule has 0 bridgehead atoms. The smallest absolute Gasteiger partial charge is 0.227 e. The van der Waals surface area contributed by atoms with Gasteiger partial charge in [-0.1, -0.05) is 30.3 Å². The molecule has 27 heavy (non-hydrogen) atoms. The summed E-state index contributed by atoms with van der Waals surface area (Å²) in [6.45, 7) is 4.72. The van der Waals surface area contributed by atoms with Crippen LogP contribution in [0.15, 0.2) is 60.8 Å². The number of hydrogen-bond donors (Lipinski definition) is 1. The zero-order valence-corrected chi connectivity index (χ0v) is 15.7. The summed E-state index contributed by atoms with van der Waals surface area (Å²) in [6, 6.07) is 18.4. The number of aryl methyl sites for hydroxylation is 2. The van der Waals surface area contributed by atoms with Crippen LogP contribution in [0.25, 0.3) is 21.8 Å². The highest BCUT2D eigenvalue weighted by atomic mass is 16.2. The van der Waals surface area contributed by atoms with Crippen molar-refractivity contribution in [2.75, 3.05) is 11.4 Å². The number of aromatic nitrogens is 2. The Labute approximate surface area is 158 Å². The molecule has 0 saturated heterocycles. The first-order chi connectivity index (χ1) is 13.2. The van der Waals surface area contributed by atoms with Gasteiger partial charge < -0.3 is 9.88 Å². The van der Waals surface area contributed by atoms with Crippen LogP contribution < -0.4 is 4.90 Å². The summed E-state index contributed by atoms with van der Waals surface area (Å²) in [5.74, 6) is 0.129. The van der Waals surface area contributed by atoms with Gasteiger partial charge in [-0.2, -0.15) is 0 Å². The van der Waals surface area contributed by atoms with Crippen LogP contribution in [0.5, 0.6) is 0 Å². The first-order valence-corrected chi connectivity index (χ1v) is 9.38. The first-order valence-electron chi connectivity index (χ1n) is 9.38. The van der Waals surface area contributed by atoms with Crippen molar-refractivity contribution in [3.05, 3.63) is 72.1 Å². The average molecular weight is 357 g/mol. The number of pyridine rings is 1. The number of nitrogens with zero attached hydrogens (tertiary/aromatic N) is 2. The standard InChI is InChI=1S/C23H23N3O/c1-3-26(18-8-6-7-16(2)13-18)23(27)12-11-17-14-20-19-9-4-5-10-21(19)25-22(20)15-24-17/h4-10,13-15,25H,3,11-12H2,1-2H3. The molecule has 4 rings (SSSR count). The van der Waals surface area contributed by atoms with E-state index in [0.717, 1.165) is 33.4 Å². The lowest BCUT2D eigenvalue weighted by molar-refractivity contribution is -0.118. The molecule has 0 fully saturated rings. The predicted octanol–water partition coefficient (Wildman–Crippen LogP) is 5.01. The maximum Gasteiger partial charge on any atom is 0.227 e. The van der Waals surface area contributed by atoms with Gasteiger partial charge in [0.05, 0.1) is 11.7 Å². The van der Waals surface area contributed by atoms with Crippen LogP contribution in [-0.2, 0) is 11.2 Å². The number of carbonyl (C=O) groups excluding carboxylic acids is 1. The maximum atomic E-state index is 12.8. The fourth-order valence-corrected chi connectivity index (χ4v) is 3.60. The Morgan fingerprint density at radius 1 is 1.04 bits per heavy atom. The Morgan fingerprint density at radius 2 is 1.89 bits per heavy atom. The Morgan fingerprint density at radius 3 is 2.70 bits per heavy atom. The van der Waals surface area contributed by atoms with Crippen molar-refractivity contribution in [1.29, 1.82) is 0 Å². The monoisotopic (exact) mass is 357 g/mol.